The van der Waals surface area contributed by atoms with Crippen LogP contribution in [0.3, 0.4) is 0 Å². The van der Waals surface area contributed by atoms with Gasteiger partial charge in [-0.2, -0.15) is 0 Å². The average molecular weight is 277 g/mol. The monoisotopic (exact) mass is 276 g/mol. The molecule has 98 valence electrons. The van der Waals surface area contributed by atoms with E-state index in [-0.39, 0.29) is 18.0 Å². The molecule has 1 nitrogen and oxygen atoms in total. The number of hydrogen-bond acceptors (Lipinski definition) is 1. The molecule has 0 aliphatic heterocycles. The number of ketones is 1. The minimum absolute atomic E-state index is 0.0984. The number of carbonyl (C=O) groups excluding carboxylic acids is 1. The van der Waals surface area contributed by atoms with Gasteiger partial charge in [0.2, 0.25) is 0 Å². The minimum atomic E-state index is -0.330. The molecule has 2 aromatic carbocycles. The maximum atomic E-state index is 13.2. The van der Waals surface area contributed by atoms with Gasteiger partial charge in [-0.3, -0.25) is 4.79 Å². The van der Waals surface area contributed by atoms with Crippen LogP contribution in [0.5, 0.6) is 0 Å². The number of aryl methyl sites for hydroxylation is 2. The van der Waals surface area contributed by atoms with E-state index in [1.54, 1.807) is 18.2 Å². The normalized spacial score (nSPS) is 10.5. The van der Waals surface area contributed by atoms with E-state index in [4.69, 9.17) is 11.6 Å². The highest BCUT2D eigenvalue weighted by Crippen LogP contribution is 2.21. The maximum absolute atomic E-state index is 13.2. The third-order valence-corrected chi connectivity index (χ3v) is 3.40. The van der Waals surface area contributed by atoms with Gasteiger partial charge in [0.15, 0.2) is 5.78 Å². The lowest BCUT2D eigenvalue weighted by molar-refractivity contribution is 0.0993. The van der Waals surface area contributed by atoms with Crippen molar-refractivity contribution >= 4 is 17.4 Å². The highest BCUT2D eigenvalue weighted by Gasteiger charge is 2.13. The Morgan fingerprint density at radius 3 is 2.58 bits per heavy atom. The Morgan fingerprint density at radius 1 is 1.16 bits per heavy atom. The Hall–Kier alpha value is -1.67. The van der Waals surface area contributed by atoms with E-state index < -0.39 is 0 Å². The predicted molar refractivity (Wildman–Crippen MR) is 75.4 cm³/mol. The predicted octanol–water partition coefficient (Wildman–Crippen LogP) is 4.52. The van der Waals surface area contributed by atoms with Gasteiger partial charge in [0.1, 0.15) is 5.82 Å². The first-order valence-corrected chi connectivity index (χ1v) is 6.39. The fraction of sp³-hybridized carbons (Fsp3) is 0.188. The van der Waals surface area contributed by atoms with Gasteiger partial charge in [-0.1, -0.05) is 23.7 Å². The molecule has 0 atom stereocenters. The number of benzene rings is 2. The van der Waals surface area contributed by atoms with Crippen LogP contribution >= 0.6 is 11.6 Å². The third kappa shape index (κ3) is 3.21. The molecule has 0 bridgehead atoms. The van der Waals surface area contributed by atoms with Crippen LogP contribution in [0.4, 0.5) is 4.39 Å². The lowest BCUT2D eigenvalue weighted by atomic mass is 9.99. The van der Waals surface area contributed by atoms with Crippen LogP contribution in [-0.2, 0) is 6.42 Å². The Labute approximate surface area is 117 Å². The molecule has 0 amide bonds. The standard InChI is InChI=1S/C16H14ClFO/c1-10-3-6-14(15(17)7-10)16(19)9-12-8-13(18)5-4-11(12)2/h3-8H,9H2,1-2H3. The molecule has 0 aliphatic rings. The highest BCUT2D eigenvalue weighted by atomic mass is 35.5. The number of Topliss-reactive ketones (excluding diaryl/α,β-unsaturated/α-hetero) is 1. The summed E-state index contributed by atoms with van der Waals surface area (Å²) in [6, 6.07) is 9.78. The van der Waals surface area contributed by atoms with Gasteiger partial charge in [0.25, 0.3) is 0 Å². The topological polar surface area (TPSA) is 17.1 Å². The highest BCUT2D eigenvalue weighted by molar-refractivity contribution is 6.34. The fourth-order valence-corrected chi connectivity index (χ4v) is 2.29. The molecular formula is C16H14ClFO. The molecule has 0 aliphatic carbocycles. The van der Waals surface area contributed by atoms with Crippen LogP contribution < -0.4 is 0 Å². The Kier molecular flexibility index (Phi) is 4.01. The lowest BCUT2D eigenvalue weighted by Crippen LogP contribution is -2.06. The van der Waals surface area contributed by atoms with Gasteiger partial charge >= 0.3 is 0 Å². The van der Waals surface area contributed by atoms with Crippen LogP contribution in [-0.4, -0.2) is 5.78 Å². The third-order valence-electron chi connectivity index (χ3n) is 3.09. The number of halogens is 2. The van der Waals surface area contributed by atoms with Crippen molar-refractivity contribution in [2.24, 2.45) is 0 Å². The zero-order valence-electron chi connectivity index (χ0n) is 10.8. The summed E-state index contributed by atoms with van der Waals surface area (Å²) in [5, 5.41) is 0.444. The summed E-state index contributed by atoms with van der Waals surface area (Å²) in [5.41, 5.74) is 3.08. The molecule has 19 heavy (non-hydrogen) atoms. The van der Waals surface area contributed by atoms with E-state index in [0.29, 0.717) is 16.1 Å². The second kappa shape index (κ2) is 5.54. The van der Waals surface area contributed by atoms with E-state index in [9.17, 15) is 9.18 Å². The second-order valence-electron chi connectivity index (χ2n) is 4.65. The van der Waals surface area contributed by atoms with Crippen molar-refractivity contribution in [3.8, 4) is 0 Å². The Bertz CT molecular complexity index is 635. The molecular weight excluding hydrogens is 263 g/mol. The van der Waals surface area contributed by atoms with E-state index in [1.165, 1.54) is 12.1 Å². The number of hydrogen-bond donors (Lipinski definition) is 0. The number of rotatable bonds is 3. The van der Waals surface area contributed by atoms with Gasteiger partial charge in [-0.25, -0.2) is 4.39 Å². The van der Waals surface area contributed by atoms with Crippen molar-refractivity contribution in [1.82, 2.24) is 0 Å². The molecule has 0 saturated carbocycles. The van der Waals surface area contributed by atoms with Gasteiger partial charge in [0, 0.05) is 12.0 Å². The summed E-state index contributed by atoms with van der Waals surface area (Å²) < 4.78 is 13.2. The molecule has 0 spiro atoms. The summed E-state index contributed by atoms with van der Waals surface area (Å²) in [6.07, 6.45) is 0.159. The summed E-state index contributed by atoms with van der Waals surface area (Å²) in [7, 11) is 0. The largest absolute Gasteiger partial charge is 0.294 e. The van der Waals surface area contributed by atoms with Gasteiger partial charge in [-0.05, 0) is 54.8 Å². The van der Waals surface area contributed by atoms with Crippen LogP contribution in [0.2, 0.25) is 5.02 Å². The molecule has 0 radical (unpaired) electrons. The van der Waals surface area contributed by atoms with Crippen LogP contribution in [0.15, 0.2) is 36.4 Å². The van der Waals surface area contributed by atoms with Crippen molar-refractivity contribution in [2.75, 3.05) is 0 Å². The zero-order chi connectivity index (χ0) is 14.0. The van der Waals surface area contributed by atoms with Gasteiger partial charge in [0.05, 0.1) is 5.02 Å². The molecule has 0 N–H and O–H groups in total. The first kappa shape index (κ1) is 13.8. The van der Waals surface area contributed by atoms with Crippen molar-refractivity contribution in [1.29, 1.82) is 0 Å². The van der Waals surface area contributed by atoms with Gasteiger partial charge < -0.3 is 0 Å². The minimum Gasteiger partial charge on any atom is -0.294 e. The molecule has 2 aromatic rings. The average Bonchev–Trinajstić information content (AvgIpc) is 2.33. The van der Waals surface area contributed by atoms with Crippen molar-refractivity contribution in [3.05, 3.63) is 69.5 Å². The summed E-state index contributed by atoms with van der Waals surface area (Å²) in [5.74, 6) is -0.429. The van der Waals surface area contributed by atoms with Crippen LogP contribution in [0.1, 0.15) is 27.0 Å². The molecule has 3 heteroatoms. The van der Waals surface area contributed by atoms with Gasteiger partial charge in [-0.15, -0.1) is 0 Å². The summed E-state index contributed by atoms with van der Waals surface area (Å²) in [6.45, 7) is 3.77. The maximum Gasteiger partial charge on any atom is 0.168 e. The zero-order valence-corrected chi connectivity index (χ0v) is 11.6. The number of carbonyl (C=O) groups is 1. The molecule has 0 aromatic heterocycles. The molecule has 2 rings (SSSR count). The SMILES string of the molecule is Cc1ccc(C(=O)Cc2cc(F)ccc2C)c(Cl)c1. The van der Waals surface area contributed by atoms with E-state index >= 15 is 0 Å². The lowest BCUT2D eigenvalue weighted by Gasteiger charge is -2.07. The van der Waals surface area contributed by atoms with Crippen molar-refractivity contribution < 1.29 is 9.18 Å². The Morgan fingerprint density at radius 2 is 1.89 bits per heavy atom. The molecule has 0 fully saturated rings. The first-order valence-electron chi connectivity index (χ1n) is 6.02. The second-order valence-corrected chi connectivity index (χ2v) is 5.06. The summed E-state index contributed by atoms with van der Waals surface area (Å²) in [4.78, 5) is 12.2. The molecule has 0 unspecified atom stereocenters. The van der Waals surface area contributed by atoms with E-state index in [2.05, 4.69) is 0 Å². The quantitative estimate of drug-likeness (QED) is 0.753. The molecule has 0 saturated heterocycles. The first-order chi connectivity index (χ1) is 8.97. The van der Waals surface area contributed by atoms with Crippen LogP contribution in [0.25, 0.3) is 0 Å². The fourth-order valence-electron chi connectivity index (χ4n) is 1.94. The van der Waals surface area contributed by atoms with E-state index in [1.807, 2.05) is 19.9 Å². The van der Waals surface area contributed by atoms with Crippen molar-refractivity contribution in [3.63, 3.8) is 0 Å². The smallest absolute Gasteiger partial charge is 0.168 e. The summed E-state index contributed by atoms with van der Waals surface area (Å²) >= 11 is 6.07. The van der Waals surface area contributed by atoms with Crippen LogP contribution in [0, 0.1) is 19.7 Å². The van der Waals surface area contributed by atoms with E-state index in [0.717, 1.165) is 11.1 Å². The molecule has 0 heterocycles. The van der Waals surface area contributed by atoms with Crippen molar-refractivity contribution in [2.45, 2.75) is 20.3 Å². The Balaban J connectivity index is 2.28.